The standard InChI is InChI=1S/C21H12F3N3O5/c22-21(23,24)13-3-7-15(8-4-13)31-16-9-10-17(18(11-16)27(29)30)19-25-20(32-26-19)12-1-5-14(28)6-2-12/h1-11,28H. The first-order chi connectivity index (χ1) is 15.2. The van der Waals surface area contributed by atoms with Crippen LogP contribution in [-0.2, 0) is 6.18 Å². The van der Waals surface area contributed by atoms with Crippen LogP contribution in [0.2, 0.25) is 0 Å². The number of halogens is 3. The monoisotopic (exact) mass is 443 g/mol. The highest BCUT2D eigenvalue weighted by Crippen LogP contribution is 2.35. The second-order valence-electron chi connectivity index (χ2n) is 6.53. The van der Waals surface area contributed by atoms with E-state index in [1.54, 1.807) is 12.1 Å². The molecule has 0 radical (unpaired) electrons. The Balaban J connectivity index is 1.61. The molecule has 1 N–H and O–H groups in total. The summed E-state index contributed by atoms with van der Waals surface area (Å²) >= 11 is 0. The number of nitrogens with zero attached hydrogens (tertiary/aromatic N) is 3. The Morgan fingerprint density at radius 1 is 0.969 bits per heavy atom. The summed E-state index contributed by atoms with van der Waals surface area (Å²) in [7, 11) is 0. The second kappa shape index (κ2) is 8.02. The maximum absolute atomic E-state index is 12.7. The summed E-state index contributed by atoms with van der Waals surface area (Å²) in [5.74, 6) is 0.227. The first-order valence-corrected chi connectivity index (χ1v) is 8.98. The molecule has 32 heavy (non-hydrogen) atoms. The van der Waals surface area contributed by atoms with Gasteiger partial charge in [0.25, 0.3) is 11.6 Å². The van der Waals surface area contributed by atoms with Gasteiger partial charge in [-0.2, -0.15) is 18.2 Å². The van der Waals surface area contributed by atoms with Gasteiger partial charge in [-0.1, -0.05) is 5.16 Å². The van der Waals surface area contributed by atoms with Crippen molar-refractivity contribution in [3.05, 3.63) is 82.4 Å². The Labute approximate surface area is 177 Å². The van der Waals surface area contributed by atoms with Crippen molar-refractivity contribution in [3.63, 3.8) is 0 Å². The third kappa shape index (κ3) is 4.36. The summed E-state index contributed by atoms with van der Waals surface area (Å²) in [5, 5.41) is 24.7. The minimum absolute atomic E-state index is 0.0409. The summed E-state index contributed by atoms with van der Waals surface area (Å²) in [5.41, 5.74) is -0.657. The molecule has 162 valence electrons. The Bertz CT molecular complexity index is 1270. The summed E-state index contributed by atoms with van der Waals surface area (Å²) in [6, 6.07) is 13.7. The molecule has 0 spiro atoms. The molecule has 1 heterocycles. The number of aromatic hydroxyl groups is 1. The van der Waals surface area contributed by atoms with Gasteiger partial charge in [0, 0.05) is 5.56 Å². The van der Waals surface area contributed by atoms with Gasteiger partial charge in [0.2, 0.25) is 5.82 Å². The van der Waals surface area contributed by atoms with Crippen LogP contribution in [0.15, 0.2) is 71.3 Å². The highest BCUT2D eigenvalue weighted by Gasteiger charge is 2.30. The molecule has 0 aliphatic heterocycles. The summed E-state index contributed by atoms with van der Waals surface area (Å²) in [4.78, 5) is 15.1. The maximum Gasteiger partial charge on any atom is 0.416 e. The van der Waals surface area contributed by atoms with Gasteiger partial charge in [-0.3, -0.25) is 10.1 Å². The lowest BCUT2D eigenvalue weighted by molar-refractivity contribution is -0.384. The minimum Gasteiger partial charge on any atom is -0.508 e. The van der Waals surface area contributed by atoms with E-state index in [0.717, 1.165) is 30.3 Å². The van der Waals surface area contributed by atoms with E-state index in [1.165, 1.54) is 24.3 Å². The summed E-state index contributed by atoms with van der Waals surface area (Å²) < 4.78 is 48.6. The van der Waals surface area contributed by atoms with E-state index in [4.69, 9.17) is 9.26 Å². The van der Waals surface area contributed by atoms with Crippen molar-refractivity contribution >= 4 is 5.69 Å². The number of hydrogen-bond donors (Lipinski definition) is 1. The molecule has 0 bridgehead atoms. The molecule has 0 saturated carbocycles. The van der Waals surface area contributed by atoms with Crippen LogP contribution in [0.25, 0.3) is 22.8 Å². The topological polar surface area (TPSA) is 112 Å². The first-order valence-electron chi connectivity index (χ1n) is 8.98. The van der Waals surface area contributed by atoms with Crippen LogP contribution in [0, 0.1) is 10.1 Å². The van der Waals surface area contributed by atoms with E-state index in [1.807, 2.05) is 0 Å². The van der Waals surface area contributed by atoms with Crippen LogP contribution in [0.1, 0.15) is 5.56 Å². The summed E-state index contributed by atoms with van der Waals surface area (Å²) in [6.07, 6.45) is -4.48. The Kier molecular flexibility index (Phi) is 5.23. The predicted octanol–water partition coefficient (Wildman–Crippen LogP) is 5.83. The summed E-state index contributed by atoms with van der Waals surface area (Å²) in [6.45, 7) is 0. The molecule has 8 nitrogen and oxygen atoms in total. The molecule has 4 rings (SSSR count). The van der Waals surface area contributed by atoms with E-state index in [2.05, 4.69) is 10.1 Å². The van der Waals surface area contributed by atoms with Crippen LogP contribution in [-0.4, -0.2) is 20.2 Å². The quantitative estimate of drug-likeness (QED) is 0.305. The van der Waals surface area contributed by atoms with Crippen LogP contribution >= 0.6 is 0 Å². The molecule has 0 aliphatic rings. The Morgan fingerprint density at radius 2 is 1.62 bits per heavy atom. The number of nitro benzene ring substituents is 1. The molecule has 4 aromatic rings. The lowest BCUT2D eigenvalue weighted by atomic mass is 10.1. The fourth-order valence-corrected chi connectivity index (χ4v) is 2.82. The van der Waals surface area contributed by atoms with E-state index >= 15 is 0 Å². The fourth-order valence-electron chi connectivity index (χ4n) is 2.82. The highest BCUT2D eigenvalue weighted by atomic mass is 19.4. The number of nitro groups is 1. The maximum atomic E-state index is 12.7. The number of ether oxygens (including phenoxy) is 1. The van der Waals surface area contributed by atoms with Gasteiger partial charge >= 0.3 is 6.18 Å². The first kappa shape index (κ1) is 20.8. The van der Waals surface area contributed by atoms with Crippen molar-refractivity contribution in [2.75, 3.05) is 0 Å². The van der Waals surface area contributed by atoms with E-state index < -0.39 is 16.7 Å². The predicted molar refractivity (Wildman–Crippen MR) is 105 cm³/mol. The zero-order valence-electron chi connectivity index (χ0n) is 15.9. The van der Waals surface area contributed by atoms with Crippen molar-refractivity contribution in [2.45, 2.75) is 6.18 Å². The minimum atomic E-state index is -4.48. The van der Waals surface area contributed by atoms with Crippen molar-refractivity contribution in [1.29, 1.82) is 0 Å². The van der Waals surface area contributed by atoms with Crippen molar-refractivity contribution < 1.29 is 32.5 Å². The molecule has 1 aromatic heterocycles. The number of hydrogen-bond acceptors (Lipinski definition) is 7. The second-order valence-corrected chi connectivity index (χ2v) is 6.53. The smallest absolute Gasteiger partial charge is 0.416 e. The third-order valence-corrected chi connectivity index (χ3v) is 4.36. The average Bonchev–Trinajstić information content (AvgIpc) is 3.24. The molecule has 0 saturated heterocycles. The van der Waals surface area contributed by atoms with Crippen molar-refractivity contribution in [2.24, 2.45) is 0 Å². The average molecular weight is 443 g/mol. The number of benzene rings is 3. The number of phenols is 1. The van der Waals surface area contributed by atoms with E-state index in [0.29, 0.717) is 5.56 Å². The fraction of sp³-hybridized carbons (Fsp3) is 0.0476. The van der Waals surface area contributed by atoms with Gasteiger partial charge in [0.15, 0.2) is 0 Å². The molecule has 0 fully saturated rings. The van der Waals surface area contributed by atoms with Gasteiger partial charge in [-0.05, 0) is 60.7 Å². The number of alkyl halides is 3. The van der Waals surface area contributed by atoms with Crippen LogP contribution in [0.4, 0.5) is 18.9 Å². The molecule has 0 unspecified atom stereocenters. The van der Waals surface area contributed by atoms with Crippen LogP contribution in [0.5, 0.6) is 17.2 Å². The zero-order chi connectivity index (χ0) is 22.9. The zero-order valence-corrected chi connectivity index (χ0v) is 15.9. The van der Waals surface area contributed by atoms with Crippen LogP contribution < -0.4 is 4.74 Å². The van der Waals surface area contributed by atoms with Crippen LogP contribution in [0.3, 0.4) is 0 Å². The number of phenolic OH excluding ortho intramolecular Hbond substituents is 1. The molecule has 0 aliphatic carbocycles. The normalized spacial score (nSPS) is 11.3. The van der Waals surface area contributed by atoms with Gasteiger partial charge in [0.1, 0.15) is 22.8 Å². The molecule has 3 aromatic carbocycles. The van der Waals surface area contributed by atoms with Gasteiger partial charge in [-0.15, -0.1) is 0 Å². The lowest BCUT2D eigenvalue weighted by Gasteiger charge is -2.09. The Morgan fingerprint density at radius 3 is 2.25 bits per heavy atom. The van der Waals surface area contributed by atoms with Gasteiger partial charge < -0.3 is 14.4 Å². The van der Waals surface area contributed by atoms with E-state index in [9.17, 15) is 28.4 Å². The number of rotatable bonds is 5. The largest absolute Gasteiger partial charge is 0.508 e. The molecule has 11 heteroatoms. The highest BCUT2D eigenvalue weighted by molar-refractivity contribution is 5.70. The molecule has 0 atom stereocenters. The lowest BCUT2D eigenvalue weighted by Crippen LogP contribution is -2.04. The molecule has 0 amide bonds. The van der Waals surface area contributed by atoms with Crippen molar-refractivity contribution in [1.82, 2.24) is 10.1 Å². The van der Waals surface area contributed by atoms with Crippen molar-refractivity contribution in [3.8, 4) is 40.1 Å². The molecular weight excluding hydrogens is 431 g/mol. The van der Waals surface area contributed by atoms with Gasteiger partial charge in [-0.25, -0.2) is 0 Å². The van der Waals surface area contributed by atoms with E-state index in [-0.39, 0.29) is 40.2 Å². The Hall–Kier alpha value is -4.41. The van der Waals surface area contributed by atoms with Gasteiger partial charge in [0.05, 0.1) is 16.6 Å². The number of aromatic nitrogens is 2. The molecular formula is C21H12F3N3O5. The SMILES string of the molecule is O=[N+]([O-])c1cc(Oc2ccc(C(F)(F)F)cc2)ccc1-c1noc(-c2ccc(O)cc2)n1. The third-order valence-electron chi connectivity index (χ3n) is 4.36.